The summed E-state index contributed by atoms with van der Waals surface area (Å²) in [7, 11) is 0. The predicted octanol–water partition coefficient (Wildman–Crippen LogP) is -0.204. The molecule has 0 unspecified atom stereocenters. The number of piperidine rings is 1. The first-order chi connectivity index (χ1) is 12.6. The molecule has 0 bridgehead atoms. The zero-order valence-electron chi connectivity index (χ0n) is 14.6. The zero-order chi connectivity index (χ0) is 18.1. The molecule has 2 aliphatic heterocycles. The van der Waals surface area contributed by atoms with Crippen LogP contribution in [-0.4, -0.2) is 62.8 Å². The standard InChI is InChI=1S/C17H23N7O2/c18-16(26)13-11-24-10-9-23(8-4-15(24)20-13)17-19-5-1-14(21-17)22-6-2-12(25)3-7-22/h1,5,11-12,25H,2-4,6-10H2,(H2,18,26). The summed E-state index contributed by atoms with van der Waals surface area (Å²) in [4.78, 5) is 29.1. The van der Waals surface area contributed by atoms with Gasteiger partial charge in [0, 0.05) is 51.5 Å². The number of amides is 1. The van der Waals surface area contributed by atoms with Crippen molar-refractivity contribution in [2.24, 2.45) is 5.73 Å². The van der Waals surface area contributed by atoms with E-state index in [1.165, 1.54) is 0 Å². The van der Waals surface area contributed by atoms with E-state index in [0.717, 1.165) is 50.7 Å². The fraction of sp³-hybridized carbons (Fsp3) is 0.529. The number of fused-ring (bicyclic) bond motifs is 1. The van der Waals surface area contributed by atoms with Gasteiger partial charge in [-0.05, 0) is 18.9 Å². The lowest BCUT2D eigenvalue weighted by atomic mass is 10.1. The summed E-state index contributed by atoms with van der Waals surface area (Å²) in [6.45, 7) is 3.80. The highest BCUT2D eigenvalue weighted by atomic mass is 16.3. The SMILES string of the molecule is NC(=O)c1cn2c(n1)CCN(c1nccc(N3CCC(O)CC3)n1)CC2. The molecule has 1 saturated heterocycles. The van der Waals surface area contributed by atoms with Gasteiger partial charge in [0.15, 0.2) is 0 Å². The number of hydrogen-bond acceptors (Lipinski definition) is 7. The molecule has 2 aliphatic rings. The van der Waals surface area contributed by atoms with Gasteiger partial charge in [0.1, 0.15) is 17.3 Å². The second-order valence-electron chi connectivity index (χ2n) is 6.77. The Hall–Kier alpha value is -2.68. The van der Waals surface area contributed by atoms with Crippen LogP contribution in [0, 0.1) is 0 Å². The first kappa shape index (κ1) is 16.8. The minimum absolute atomic E-state index is 0.203. The van der Waals surface area contributed by atoms with E-state index in [9.17, 15) is 9.90 Å². The molecule has 4 rings (SSSR count). The van der Waals surface area contributed by atoms with Gasteiger partial charge >= 0.3 is 0 Å². The molecule has 1 amide bonds. The lowest BCUT2D eigenvalue weighted by Gasteiger charge is -2.31. The number of carbonyl (C=O) groups excluding carboxylic acids is 1. The molecule has 2 aromatic rings. The molecule has 1 fully saturated rings. The summed E-state index contributed by atoms with van der Waals surface area (Å²) >= 11 is 0. The van der Waals surface area contributed by atoms with Crippen molar-refractivity contribution in [3.8, 4) is 0 Å². The second kappa shape index (κ2) is 6.91. The van der Waals surface area contributed by atoms with Crippen molar-refractivity contribution < 1.29 is 9.90 Å². The number of anilines is 2. The number of aromatic nitrogens is 4. The maximum atomic E-state index is 11.3. The molecule has 4 heterocycles. The number of hydrogen-bond donors (Lipinski definition) is 2. The quantitative estimate of drug-likeness (QED) is 0.782. The third-order valence-corrected chi connectivity index (χ3v) is 5.03. The van der Waals surface area contributed by atoms with E-state index in [1.54, 1.807) is 12.4 Å². The van der Waals surface area contributed by atoms with Gasteiger partial charge in [0.05, 0.1) is 6.10 Å². The Bertz CT molecular complexity index is 773. The van der Waals surface area contributed by atoms with Crippen molar-refractivity contribution in [2.75, 3.05) is 36.0 Å². The number of aliphatic hydroxyl groups excluding tert-OH is 1. The van der Waals surface area contributed by atoms with E-state index in [4.69, 9.17) is 10.7 Å². The van der Waals surface area contributed by atoms with E-state index < -0.39 is 5.91 Å². The van der Waals surface area contributed by atoms with Crippen molar-refractivity contribution in [3.63, 3.8) is 0 Å². The monoisotopic (exact) mass is 357 g/mol. The zero-order valence-corrected chi connectivity index (χ0v) is 14.6. The Balaban J connectivity index is 1.47. The molecule has 0 atom stereocenters. The summed E-state index contributed by atoms with van der Waals surface area (Å²) < 4.78 is 1.98. The highest BCUT2D eigenvalue weighted by molar-refractivity contribution is 5.90. The van der Waals surface area contributed by atoms with Crippen molar-refractivity contribution in [1.82, 2.24) is 19.5 Å². The Morgan fingerprint density at radius 1 is 1.12 bits per heavy atom. The molecule has 9 heteroatoms. The van der Waals surface area contributed by atoms with E-state index >= 15 is 0 Å². The minimum Gasteiger partial charge on any atom is -0.393 e. The minimum atomic E-state index is -0.495. The predicted molar refractivity (Wildman–Crippen MR) is 96.1 cm³/mol. The molecular weight excluding hydrogens is 334 g/mol. The summed E-state index contributed by atoms with van der Waals surface area (Å²) in [6.07, 6.45) is 5.55. The summed E-state index contributed by atoms with van der Waals surface area (Å²) in [5.74, 6) is 1.97. The first-order valence-corrected chi connectivity index (χ1v) is 8.97. The molecule has 2 aromatic heterocycles. The van der Waals surface area contributed by atoms with Gasteiger partial charge in [0.25, 0.3) is 5.91 Å². The van der Waals surface area contributed by atoms with Gasteiger partial charge in [-0.1, -0.05) is 0 Å². The topological polar surface area (TPSA) is 113 Å². The number of nitrogens with zero attached hydrogens (tertiary/aromatic N) is 6. The average Bonchev–Trinajstić information content (AvgIpc) is 2.96. The van der Waals surface area contributed by atoms with Crippen LogP contribution >= 0.6 is 0 Å². The van der Waals surface area contributed by atoms with E-state index in [1.807, 2.05) is 10.6 Å². The molecule has 0 aromatic carbocycles. The van der Waals surface area contributed by atoms with Crippen LogP contribution in [0.5, 0.6) is 0 Å². The number of carbonyl (C=O) groups is 1. The lowest BCUT2D eigenvalue weighted by Crippen LogP contribution is -2.37. The number of aliphatic hydroxyl groups is 1. The van der Waals surface area contributed by atoms with E-state index in [-0.39, 0.29) is 6.10 Å². The van der Waals surface area contributed by atoms with Crippen LogP contribution < -0.4 is 15.5 Å². The Morgan fingerprint density at radius 3 is 2.69 bits per heavy atom. The van der Waals surface area contributed by atoms with Crippen molar-refractivity contribution in [3.05, 3.63) is 30.0 Å². The Labute approximate surface area is 151 Å². The van der Waals surface area contributed by atoms with Crippen LogP contribution in [-0.2, 0) is 13.0 Å². The van der Waals surface area contributed by atoms with E-state index in [0.29, 0.717) is 24.6 Å². The maximum absolute atomic E-state index is 11.3. The van der Waals surface area contributed by atoms with Crippen LogP contribution in [0.25, 0.3) is 0 Å². The number of primary amides is 1. The third kappa shape index (κ3) is 3.34. The second-order valence-corrected chi connectivity index (χ2v) is 6.77. The smallest absolute Gasteiger partial charge is 0.268 e. The highest BCUT2D eigenvalue weighted by Gasteiger charge is 2.22. The molecule has 0 saturated carbocycles. The van der Waals surface area contributed by atoms with Gasteiger partial charge in [0.2, 0.25) is 5.95 Å². The molecule has 26 heavy (non-hydrogen) atoms. The van der Waals surface area contributed by atoms with Crippen LogP contribution in [0.2, 0.25) is 0 Å². The van der Waals surface area contributed by atoms with Gasteiger partial charge in [-0.2, -0.15) is 4.98 Å². The molecule has 0 radical (unpaired) electrons. The molecule has 0 aliphatic carbocycles. The van der Waals surface area contributed by atoms with Crippen LogP contribution in [0.1, 0.15) is 29.2 Å². The Morgan fingerprint density at radius 2 is 1.92 bits per heavy atom. The summed E-state index contributed by atoms with van der Waals surface area (Å²) in [5.41, 5.74) is 5.63. The van der Waals surface area contributed by atoms with Gasteiger partial charge in [-0.15, -0.1) is 0 Å². The van der Waals surface area contributed by atoms with Crippen LogP contribution in [0.3, 0.4) is 0 Å². The molecule has 0 spiro atoms. The molecule has 9 nitrogen and oxygen atoms in total. The maximum Gasteiger partial charge on any atom is 0.268 e. The number of imidazole rings is 1. The fourth-order valence-corrected chi connectivity index (χ4v) is 3.50. The van der Waals surface area contributed by atoms with Crippen LogP contribution in [0.15, 0.2) is 18.5 Å². The Kier molecular flexibility index (Phi) is 4.46. The van der Waals surface area contributed by atoms with E-state index in [2.05, 4.69) is 19.8 Å². The normalized spacial score (nSPS) is 18.5. The van der Waals surface area contributed by atoms with Gasteiger partial charge < -0.3 is 25.2 Å². The van der Waals surface area contributed by atoms with Crippen LogP contribution in [0.4, 0.5) is 11.8 Å². The largest absolute Gasteiger partial charge is 0.393 e. The number of nitrogens with two attached hydrogens (primary N) is 1. The third-order valence-electron chi connectivity index (χ3n) is 5.03. The van der Waals surface area contributed by atoms with Gasteiger partial charge in [-0.3, -0.25) is 4.79 Å². The molecule has 3 N–H and O–H groups in total. The van der Waals surface area contributed by atoms with Crippen molar-refractivity contribution in [2.45, 2.75) is 31.9 Å². The lowest BCUT2D eigenvalue weighted by molar-refractivity contribution is 0.0995. The molecular formula is C17H23N7O2. The summed E-state index contributed by atoms with van der Waals surface area (Å²) in [5, 5.41) is 9.68. The average molecular weight is 357 g/mol. The van der Waals surface area contributed by atoms with Gasteiger partial charge in [-0.25, -0.2) is 9.97 Å². The van der Waals surface area contributed by atoms with Crippen molar-refractivity contribution in [1.29, 1.82) is 0 Å². The molecule has 138 valence electrons. The first-order valence-electron chi connectivity index (χ1n) is 8.97. The number of rotatable bonds is 3. The van der Waals surface area contributed by atoms with Crippen molar-refractivity contribution >= 4 is 17.7 Å². The highest BCUT2D eigenvalue weighted by Crippen LogP contribution is 2.21. The summed E-state index contributed by atoms with van der Waals surface area (Å²) in [6, 6.07) is 1.92. The fourth-order valence-electron chi connectivity index (χ4n) is 3.50.